The lowest BCUT2D eigenvalue weighted by Gasteiger charge is -2.20. The van der Waals surface area contributed by atoms with E-state index in [1.807, 2.05) is 20.8 Å². The maximum absolute atomic E-state index is 10.6. The Morgan fingerprint density at radius 1 is 1.31 bits per heavy atom. The molecule has 0 unspecified atom stereocenters. The third-order valence-electron chi connectivity index (χ3n) is 2.42. The first-order valence-corrected chi connectivity index (χ1v) is 4.97. The van der Waals surface area contributed by atoms with Crippen LogP contribution in [0.15, 0.2) is 18.2 Å². The summed E-state index contributed by atoms with van der Waals surface area (Å²) < 4.78 is 0. The van der Waals surface area contributed by atoms with Crippen LogP contribution in [0, 0.1) is 0 Å². The Kier molecular flexibility index (Phi) is 3.24. The highest BCUT2D eigenvalue weighted by molar-refractivity contribution is 5.75. The topological polar surface area (TPSA) is 77.8 Å². The largest absolute Gasteiger partial charge is 0.508 e. The van der Waals surface area contributed by atoms with Crippen LogP contribution in [0.2, 0.25) is 0 Å². The number of phenolic OH excluding ortho intramolecular Hbond substituents is 1. The Morgan fingerprint density at radius 2 is 1.88 bits per heavy atom. The van der Waals surface area contributed by atoms with Gasteiger partial charge in [0, 0.05) is 5.56 Å². The van der Waals surface area contributed by atoms with Gasteiger partial charge in [0.2, 0.25) is 0 Å². The van der Waals surface area contributed by atoms with Crippen molar-refractivity contribution in [2.24, 2.45) is 0 Å². The van der Waals surface area contributed by atoms with Crippen molar-refractivity contribution in [1.29, 1.82) is 0 Å². The van der Waals surface area contributed by atoms with E-state index in [0.717, 1.165) is 5.56 Å². The normalized spacial score (nSPS) is 13.5. The van der Waals surface area contributed by atoms with Gasteiger partial charge in [-0.1, -0.05) is 32.9 Å². The predicted molar refractivity (Wildman–Crippen MR) is 59.4 cm³/mol. The Hall–Kier alpha value is -1.55. The second-order valence-electron chi connectivity index (χ2n) is 4.76. The van der Waals surface area contributed by atoms with Crippen LogP contribution in [-0.2, 0) is 10.2 Å². The summed E-state index contributed by atoms with van der Waals surface area (Å²) in [5, 5.41) is 27.6. The van der Waals surface area contributed by atoms with E-state index in [1.54, 1.807) is 6.07 Å². The Labute approximate surface area is 94.2 Å². The minimum atomic E-state index is -1.69. The molecule has 0 saturated carbocycles. The zero-order valence-electron chi connectivity index (χ0n) is 9.56. The van der Waals surface area contributed by atoms with Gasteiger partial charge in [-0.25, -0.2) is 4.79 Å². The molecular weight excluding hydrogens is 208 g/mol. The molecule has 0 aromatic heterocycles. The molecule has 1 aromatic rings. The number of carbonyl (C=O) groups is 1. The smallest absolute Gasteiger partial charge is 0.337 e. The quantitative estimate of drug-likeness (QED) is 0.716. The number of aliphatic hydroxyl groups is 1. The van der Waals surface area contributed by atoms with Crippen LogP contribution >= 0.6 is 0 Å². The molecule has 88 valence electrons. The Bertz CT molecular complexity index is 404. The molecule has 1 rings (SSSR count). The van der Waals surface area contributed by atoms with Crippen molar-refractivity contribution in [3.63, 3.8) is 0 Å². The zero-order chi connectivity index (χ0) is 12.5. The maximum Gasteiger partial charge on any atom is 0.337 e. The predicted octanol–water partition coefficient (Wildman–Crippen LogP) is 1.81. The van der Waals surface area contributed by atoms with Crippen molar-refractivity contribution in [1.82, 2.24) is 0 Å². The average Bonchev–Trinajstić information content (AvgIpc) is 2.15. The van der Waals surface area contributed by atoms with Gasteiger partial charge in [-0.3, -0.25) is 0 Å². The van der Waals surface area contributed by atoms with Crippen LogP contribution in [0.25, 0.3) is 0 Å². The van der Waals surface area contributed by atoms with Crippen LogP contribution in [0.3, 0.4) is 0 Å². The summed E-state index contributed by atoms with van der Waals surface area (Å²) in [6.07, 6.45) is -1.69. The number of aromatic hydroxyl groups is 1. The van der Waals surface area contributed by atoms with E-state index in [-0.39, 0.29) is 16.7 Å². The number of aliphatic carboxylic acids is 1. The van der Waals surface area contributed by atoms with E-state index in [1.165, 1.54) is 12.1 Å². The van der Waals surface area contributed by atoms with Gasteiger partial charge in [-0.2, -0.15) is 0 Å². The van der Waals surface area contributed by atoms with Crippen LogP contribution in [0.4, 0.5) is 0 Å². The molecule has 0 aliphatic rings. The Balaban J connectivity index is 3.15. The van der Waals surface area contributed by atoms with Crippen LogP contribution in [0.1, 0.15) is 38.0 Å². The molecule has 0 heterocycles. The van der Waals surface area contributed by atoms with Gasteiger partial charge >= 0.3 is 5.97 Å². The van der Waals surface area contributed by atoms with E-state index in [4.69, 9.17) is 5.11 Å². The SMILES string of the molecule is CC(C)(C)c1ccc([C@H](O)C(=O)O)c(O)c1. The highest BCUT2D eigenvalue weighted by Gasteiger charge is 2.22. The van der Waals surface area contributed by atoms with E-state index in [2.05, 4.69) is 0 Å². The van der Waals surface area contributed by atoms with Gasteiger partial charge < -0.3 is 15.3 Å². The van der Waals surface area contributed by atoms with Crippen molar-refractivity contribution in [2.45, 2.75) is 32.3 Å². The molecule has 4 nitrogen and oxygen atoms in total. The minimum absolute atomic E-state index is 0.0144. The average molecular weight is 224 g/mol. The molecule has 0 amide bonds. The van der Waals surface area contributed by atoms with Crippen molar-refractivity contribution < 1.29 is 20.1 Å². The molecule has 4 heteroatoms. The molecule has 1 aromatic carbocycles. The van der Waals surface area contributed by atoms with Gasteiger partial charge in [0.1, 0.15) is 5.75 Å². The zero-order valence-corrected chi connectivity index (χ0v) is 9.56. The maximum atomic E-state index is 10.6. The fourth-order valence-corrected chi connectivity index (χ4v) is 1.37. The lowest BCUT2D eigenvalue weighted by molar-refractivity contribution is -0.147. The highest BCUT2D eigenvalue weighted by Crippen LogP contribution is 2.30. The van der Waals surface area contributed by atoms with Crippen molar-refractivity contribution >= 4 is 5.97 Å². The molecular formula is C12H16O4. The number of hydrogen-bond donors (Lipinski definition) is 3. The van der Waals surface area contributed by atoms with Crippen LogP contribution < -0.4 is 0 Å². The minimum Gasteiger partial charge on any atom is -0.508 e. The lowest BCUT2D eigenvalue weighted by Crippen LogP contribution is -2.13. The first kappa shape index (κ1) is 12.5. The summed E-state index contributed by atoms with van der Waals surface area (Å²) in [6, 6.07) is 4.64. The fraction of sp³-hybridized carbons (Fsp3) is 0.417. The van der Waals surface area contributed by atoms with Gasteiger partial charge in [0.05, 0.1) is 0 Å². The number of carboxylic acids is 1. The number of benzene rings is 1. The molecule has 0 fully saturated rings. The van der Waals surface area contributed by atoms with E-state index in [0.29, 0.717) is 0 Å². The fourth-order valence-electron chi connectivity index (χ4n) is 1.37. The molecule has 3 N–H and O–H groups in total. The Morgan fingerprint density at radius 3 is 2.25 bits per heavy atom. The summed E-state index contributed by atoms with van der Waals surface area (Å²) in [5.41, 5.74) is 0.760. The number of phenols is 1. The molecule has 1 atom stereocenters. The third kappa shape index (κ3) is 2.52. The van der Waals surface area contributed by atoms with Crippen molar-refractivity contribution in [3.8, 4) is 5.75 Å². The van der Waals surface area contributed by atoms with E-state index < -0.39 is 12.1 Å². The first-order valence-electron chi connectivity index (χ1n) is 4.97. The first-order chi connectivity index (χ1) is 7.23. The van der Waals surface area contributed by atoms with Gasteiger partial charge in [0.25, 0.3) is 0 Å². The number of carboxylic acid groups (broad SMARTS) is 1. The molecule has 0 saturated heterocycles. The monoisotopic (exact) mass is 224 g/mol. The number of rotatable bonds is 2. The summed E-state index contributed by atoms with van der Waals surface area (Å²) in [6.45, 7) is 5.94. The summed E-state index contributed by atoms with van der Waals surface area (Å²) in [7, 11) is 0. The van der Waals surface area contributed by atoms with Crippen LogP contribution in [-0.4, -0.2) is 21.3 Å². The highest BCUT2D eigenvalue weighted by atomic mass is 16.4. The van der Waals surface area contributed by atoms with E-state index in [9.17, 15) is 15.0 Å². The van der Waals surface area contributed by atoms with Crippen molar-refractivity contribution in [3.05, 3.63) is 29.3 Å². The summed E-state index contributed by atoms with van der Waals surface area (Å²) >= 11 is 0. The second-order valence-corrected chi connectivity index (χ2v) is 4.76. The van der Waals surface area contributed by atoms with Crippen molar-refractivity contribution in [2.75, 3.05) is 0 Å². The van der Waals surface area contributed by atoms with Crippen LogP contribution in [0.5, 0.6) is 5.75 Å². The summed E-state index contributed by atoms with van der Waals surface area (Å²) in [5.74, 6) is -1.57. The van der Waals surface area contributed by atoms with E-state index >= 15 is 0 Å². The molecule has 16 heavy (non-hydrogen) atoms. The molecule has 0 aliphatic heterocycles. The lowest BCUT2D eigenvalue weighted by atomic mass is 9.86. The second kappa shape index (κ2) is 4.14. The molecule has 0 aliphatic carbocycles. The molecule has 0 spiro atoms. The summed E-state index contributed by atoms with van der Waals surface area (Å²) in [4.78, 5) is 10.6. The standard InChI is InChI=1S/C12H16O4/c1-12(2,3)7-4-5-8(9(13)6-7)10(14)11(15)16/h4-6,10,13-14H,1-3H3,(H,15,16)/t10-/m0/s1. The van der Waals surface area contributed by atoms with Gasteiger partial charge in [-0.05, 0) is 17.0 Å². The number of aliphatic hydroxyl groups excluding tert-OH is 1. The van der Waals surface area contributed by atoms with Gasteiger partial charge in [-0.15, -0.1) is 0 Å². The number of hydrogen-bond acceptors (Lipinski definition) is 3. The third-order valence-corrected chi connectivity index (χ3v) is 2.42. The van der Waals surface area contributed by atoms with Gasteiger partial charge in [0.15, 0.2) is 6.10 Å². The molecule has 0 bridgehead atoms. The molecule has 0 radical (unpaired) electrons.